The molecule has 1 heterocycles. The van der Waals surface area contributed by atoms with Crippen LogP contribution in [0.2, 0.25) is 0 Å². The lowest BCUT2D eigenvalue weighted by atomic mass is 10.2. The Morgan fingerprint density at radius 1 is 1.24 bits per heavy atom. The van der Waals surface area contributed by atoms with Crippen LogP contribution in [0.3, 0.4) is 0 Å². The first-order valence-electron chi connectivity index (χ1n) is 4.91. The van der Waals surface area contributed by atoms with E-state index in [4.69, 9.17) is 0 Å². The number of pyridine rings is 1. The van der Waals surface area contributed by atoms with Crippen molar-refractivity contribution in [2.45, 2.75) is 0 Å². The zero-order valence-corrected chi connectivity index (χ0v) is 8.74. The van der Waals surface area contributed by atoms with Gasteiger partial charge in [-0.1, -0.05) is 6.07 Å². The van der Waals surface area contributed by atoms with E-state index in [9.17, 15) is 14.0 Å². The number of nitrogens with one attached hydrogen (secondary N) is 2. The van der Waals surface area contributed by atoms with Crippen molar-refractivity contribution in [3.8, 4) is 0 Å². The zero-order chi connectivity index (χ0) is 12.3. The number of H-pyrrole nitrogens is 1. The van der Waals surface area contributed by atoms with E-state index in [1.165, 1.54) is 30.5 Å². The molecule has 17 heavy (non-hydrogen) atoms. The topological polar surface area (TPSA) is 62.0 Å². The maximum Gasteiger partial charge on any atom is 0.255 e. The van der Waals surface area contributed by atoms with Gasteiger partial charge in [0.25, 0.3) is 5.91 Å². The summed E-state index contributed by atoms with van der Waals surface area (Å²) >= 11 is 0. The molecule has 0 aliphatic carbocycles. The summed E-state index contributed by atoms with van der Waals surface area (Å²) in [5.41, 5.74) is 0.246. The van der Waals surface area contributed by atoms with Gasteiger partial charge in [-0.3, -0.25) is 9.59 Å². The van der Waals surface area contributed by atoms with E-state index in [2.05, 4.69) is 10.3 Å². The van der Waals surface area contributed by atoms with Gasteiger partial charge in [-0.05, 0) is 24.3 Å². The molecule has 2 aromatic rings. The van der Waals surface area contributed by atoms with Crippen molar-refractivity contribution < 1.29 is 9.18 Å². The predicted octanol–water partition coefficient (Wildman–Crippen LogP) is 1.77. The average Bonchev–Trinajstić information content (AvgIpc) is 2.29. The first-order chi connectivity index (χ1) is 8.15. The Kier molecular flexibility index (Phi) is 3.00. The summed E-state index contributed by atoms with van der Waals surface area (Å²) < 4.78 is 12.9. The Balaban J connectivity index is 2.20. The van der Waals surface area contributed by atoms with Gasteiger partial charge in [0.1, 0.15) is 5.82 Å². The number of aromatic amines is 1. The Labute approximate surface area is 96.1 Å². The second-order valence-corrected chi connectivity index (χ2v) is 3.41. The van der Waals surface area contributed by atoms with Crippen molar-refractivity contribution in [1.29, 1.82) is 0 Å². The van der Waals surface area contributed by atoms with Crippen molar-refractivity contribution in [2.75, 3.05) is 5.32 Å². The smallest absolute Gasteiger partial charge is 0.255 e. The number of benzene rings is 1. The van der Waals surface area contributed by atoms with Crippen LogP contribution in [0.5, 0.6) is 0 Å². The van der Waals surface area contributed by atoms with E-state index in [-0.39, 0.29) is 11.1 Å². The normalized spacial score (nSPS) is 9.94. The average molecular weight is 232 g/mol. The number of carbonyl (C=O) groups excluding carboxylic acids is 1. The fraction of sp³-hybridized carbons (Fsp3) is 0. The van der Waals surface area contributed by atoms with E-state index in [1.807, 2.05) is 0 Å². The van der Waals surface area contributed by atoms with E-state index >= 15 is 0 Å². The molecular formula is C12H9FN2O2. The standard InChI is InChI=1S/C12H9FN2O2/c13-9-3-1-2-8(6-9)12(17)15-10-4-5-14-11(16)7-10/h1-7H,(H2,14,15,16,17). The molecule has 5 heteroatoms. The number of anilines is 1. The van der Waals surface area contributed by atoms with E-state index in [0.717, 1.165) is 6.07 Å². The molecule has 1 amide bonds. The molecule has 0 spiro atoms. The highest BCUT2D eigenvalue weighted by Crippen LogP contribution is 2.07. The molecule has 0 radical (unpaired) electrons. The van der Waals surface area contributed by atoms with Crippen LogP contribution in [0, 0.1) is 5.82 Å². The molecule has 0 saturated heterocycles. The maximum atomic E-state index is 12.9. The van der Waals surface area contributed by atoms with Gasteiger partial charge in [0.2, 0.25) is 5.56 Å². The van der Waals surface area contributed by atoms with Crippen LogP contribution in [0.4, 0.5) is 10.1 Å². The monoisotopic (exact) mass is 232 g/mol. The second kappa shape index (κ2) is 4.61. The largest absolute Gasteiger partial charge is 0.329 e. The van der Waals surface area contributed by atoms with Crippen molar-refractivity contribution >= 4 is 11.6 Å². The molecule has 4 nitrogen and oxygen atoms in total. The van der Waals surface area contributed by atoms with Crippen LogP contribution in [0.15, 0.2) is 47.4 Å². The van der Waals surface area contributed by atoms with Gasteiger partial charge in [0, 0.05) is 23.5 Å². The molecule has 2 rings (SSSR count). The van der Waals surface area contributed by atoms with Gasteiger partial charge in [0.05, 0.1) is 0 Å². The molecule has 1 aromatic carbocycles. The molecule has 0 bridgehead atoms. The van der Waals surface area contributed by atoms with Gasteiger partial charge >= 0.3 is 0 Å². The van der Waals surface area contributed by atoms with Gasteiger partial charge in [-0.2, -0.15) is 0 Å². The number of carbonyl (C=O) groups is 1. The van der Waals surface area contributed by atoms with E-state index in [1.54, 1.807) is 6.07 Å². The molecule has 0 atom stereocenters. The van der Waals surface area contributed by atoms with Gasteiger partial charge in [0.15, 0.2) is 0 Å². The summed E-state index contributed by atoms with van der Waals surface area (Å²) in [5.74, 6) is -0.946. The van der Waals surface area contributed by atoms with Crippen molar-refractivity contribution in [1.82, 2.24) is 4.98 Å². The lowest BCUT2D eigenvalue weighted by Gasteiger charge is -2.04. The van der Waals surface area contributed by atoms with Crippen LogP contribution in [-0.2, 0) is 0 Å². The quantitative estimate of drug-likeness (QED) is 0.828. The minimum absolute atomic E-state index is 0.199. The second-order valence-electron chi connectivity index (χ2n) is 3.41. The van der Waals surface area contributed by atoms with Crippen LogP contribution < -0.4 is 10.9 Å². The number of hydrogen-bond donors (Lipinski definition) is 2. The lowest BCUT2D eigenvalue weighted by molar-refractivity contribution is 0.102. The van der Waals surface area contributed by atoms with Crippen LogP contribution >= 0.6 is 0 Å². The summed E-state index contributed by atoms with van der Waals surface area (Å²) in [6.45, 7) is 0. The van der Waals surface area contributed by atoms with Gasteiger partial charge < -0.3 is 10.3 Å². The van der Waals surface area contributed by atoms with Gasteiger partial charge in [-0.25, -0.2) is 4.39 Å². The lowest BCUT2D eigenvalue weighted by Crippen LogP contribution is -2.14. The van der Waals surface area contributed by atoms with E-state index in [0.29, 0.717) is 5.69 Å². The zero-order valence-electron chi connectivity index (χ0n) is 8.74. The molecule has 1 aromatic heterocycles. The summed E-state index contributed by atoms with van der Waals surface area (Å²) in [4.78, 5) is 25.1. The van der Waals surface area contributed by atoms with Crippen LogP contribution in [-0.4, -0.2) is 10.9 Å². The summed E-state index contributed by atoms with van der Waals surface area (Å²) in [6.07, 6.45) is 1.42. The fourth-order valence-corrected chi connectivity index (χ4v) is 1.36. The van der Waals surface area contributed by atoms with Crippen molar-refractivity contribution in [3.63, 3.8) is 0 Å². The predicted molar refractivity (Wildman–Crippen MR) is 61.4 cm³/mol. The number of hydrogen-bond acceptors (Lipinski definition) is 2. The number of rotatable bonds is 2. The van der Waals surface area contributed by atoms with Crippen LogP contribution in [0.1, 0.15) is 10.4 Å². The summed E-state index contributed by atoms with van der Waals surface area (Å²) in [7, 11) is 0. The molecule has 2 N–H and O–H groups in total. The third kappa shape index (κ3) is 2.78. The summed E-state index contributed by atoms with van der Waals surface area (Å²) in [6, 6.07) is 8.11. The number of amides is 1. The first-order valence-corrected chi connectivity index (χ1v) is 4.91. The molecule has 0 aliphatic heterocycles. The van der Waals surface area contributed by atoms with Gasteiger partial charge in [-0.15, -0.1) is 0 Å². The van der Waals surface area contributed by atoms with Crippen molar-refractivity contribution in [3.05, 3.63) is 64.3 Å². The first kappa shape index (κ1) is 11.1. The Hall–Kier alpha value is -2.43. The highest BCUT2D eigenvalue weighted by Gasteiger charge is 2.06. The maximum absolute atomic E-state index is 12.9. The Morgan fingerprint density at radius 3 is 2.76 bits per heavy atom. The fourth-order valence-electron chi connectivity index (χ4n) is 1.36. The van der Waals surface area contributed by atoms with Crippen LogP contribution in [0.25, 0.3) is 0 Å². The molecule has 0 aliphatic rings. The molecule has 0 unspecified atom stereocenters. The third-order valence-electron chi connectivity index (χ3n) is 2.12. The number of halogens is 1. The molecule has 0 saturated carbocycles. The SMILES string of the molecule is O=C(Nc1cc[nH]c(=O)c1)c1cccc(F)c1. The summed E-state index contributed by atoms with van der Waals surface area (Å²) in [5, 5.41) is 2.50. The molecular weight excluding hydrogens is 223 g/mol. The van der Waals surface area contributed by atoms with Crippen molar-refractivity contribution in [2.24, 2.45) is 0 Å². The minimum Gasteiger partial charge on any atom is -0.329 e. The highest BCUT2D eigenvalue weighted by molar-refractivity contribution is 6.04. The third-order valence-corrected chi connectivity index (χ3v) is 2.12. The minimum atomic E-state index is -0.483. The molecule has 0 fully saturated rings. The highest BCUT2D eigenvalue weighted by atomic mass is 19.1. The number of aromatic nitrogens is 1. The Bertz CT molecular complexity index is 607. The molecule has 86 valence electrons. The van der Waals surface area contributed by atoms with E-state index < -0.39 is 11.7 Å². The Morgan fingerprint density at radius 2 is 2.06 bits per heavy atom.